The van der Waals surface area contributed by atoms with E-state index in [1.165, 1.54) is 5.56 Å². The molecule has 0 radical (unpaired) electrons. The Labute approximate surface area is 188 Å². The van der Waals surface area contributed by atoms with Crippen molar-refractivity contribution < 1.29 is 4.79 Å². The molecule has 0 spiro atoms. The molecule has 2 aromatic rings. The lowest BCUT2D eigenvalue weighted by Gasteiger charge is -2.36. The van der Waals surface area contributed by atoms with Gasteiger partial charge < -0.3 is 20.0 Å². The minimum absolute atomic E-state index is 0.111. The number of nitrogens with one attached hydrogen (secondary N) is 1. The Balaban J connectivity index is 1.24. The van der Waals surface area contributed by atoms with Crippen molar-refractivity contribution in [2.75, 3.05) is 57.8 Å². The Morgan fingerprint density at radius 2 is 1.90 bits per heavy atom. The summed E-state index contributed by atoms with van der Waals surface area (Å²) >= 11 is 5.98. The van der Waals surface area contributed by atoms with Crippen molar-refractivity contribution in [2.45, 2.75) is 12.3 Å². The summed E-state index contributed by atoms with van der Waals surface area (Å²) in [5.74, 6) is 1.35. The Bertz CT molecular complexity index is 918. The Morgan fingerprint density at radius 3 is 2.55 bits per heavy atom. The Morgan fingerprint density at radius 1 is 1.16 bits per heavy atom. The number of anilines is 1. The average molecular weight is 444 g/mol. The third kappa shape index (κ3) is 5.12. The number of hydrogen-bond acceptors (Lipinski definition) is 4. The monoisotopic (exact) mass is 443 g/mol. The molecule has 0 bridgehead atoms. The van der Waals surface area contributed by atoms with E-state index in [2.05, 4.69) is 31.4 Å². The number of halogens is 1. The van der Waals surface area contributed by atoms with Crippen LogP contribution in [0.25, 0.3) is 0 Å². The molecule has 2 aliphatic heterocycles. The highest BCUT2D eigenvalue weighted by molar-refractivity contribution is 6.30. The van der Waals surface area contributed by atoms with Crippen molar-refractivity contribution in [3.63, 3.8) is 0 Å². The van der Waals surface area contributed by atoms with Gasteiger partial charge in [-0.25, -0.2) is 0 Å². The number of amides is 1. The van der Waals surface area contributed by atoms with E-state index < -0.39 is 0 Å². The van der Waals surface area contributed by atoms with Crippen LogP contribution in [0.3, 0.4) is 0 Å². The van der Waals surface area contributed by atoms with Gasteiger partial charge in [-0.3, -0.25) is 14.5 Å². The third-order valence-electron chi connectivity index (χ3n) is 6.12. The Kier molecular flexibility index (Phi) is 6.65. The van der Waals surface area contributed by atoms with E-state index in [1.54, 1.807) is 7.05 Å². The van der Waals surface area contributed by atoms with Gasteiger partial charge in [0.05, 0.1) is 12.7 Å². The standard InChI is InChI=1S/C22H30ClN7O/c1-24-22(30-8-7-17(16-30)18-13-26-27(2)15-18)25-14-21(31)29-11-9-28(10-12-29)20-5-3-19(23)4-6-20/h3-6,13,15,17H,7-12,14,16H2,1-2H3,(H,24,25). The molecule has 1 amide bonds. The molecule has 3 heterocycles. The number of hydrogen-bond donors (Lipinski definition) is 1. The van der Waals surface area contributed by atoms with E-state index in [9.17, 15) is 4.79 Å². The molecule has 1 aromatic carbocycles. The number of carbonyl (C=O) groups excluding carboxylic acids is 1. The van der Waals surface area contributed by atoms with Gasteiger partial charge in [-0.15, -0.1) is 0 Å². The van der Waals surface area contributed by atoms with E-state index in [-0.39, 0.29) is 12.5 Å². The van der Waals surface area contributed by atoms with Crippen LogP contribution in [0.1, 0.15) is 17.9 Å². The van der Waals surface area contributed by atoms with Crippen LogP contribution < -0.4 is 10.2 Å². The van der Waals surface area contributed by atoms with E-state index in [0.717, 1.165) is 49.3 Å². The summed E-state index contributed by atoms with van der Waals surface area (Å²) < 4.78 is 1.84. The second-order valence-corrected chi connectivity index (χ2v) is 8.56. The number of aromatic nitrogens is 2. The van der Waals surface area contributed by atoms with Gasteiger partial charge in [-0.2, -0.15) is 5.10 Å². The highest BCUT2D eigenvalue weighted by Gasteiger charge is 2.28. The zero-order chi connectivity index (χ0) is 21.8. The van der Waals surface area contributed by atoms with Gasteiger partial charge in [0.1, 0.15) is 0 Å². The first kappa shape index (κ1) is 21.5. The van der Waals surface area contributed by atoms with E-state index in [1.807, 2.05) is 47.1 Å². The SMILES string of the molecule is CN=C(NCC(=O)N1CCN(c2ccc(Cl)cc2)CC1)N1CCC(c2cnn(C)c2)C1. The first-order valence-electron chi connectivity index (χ1n) is 10.8. The first-order chi connectivity index (χ1) is 15.0. The summed E-state index contributed by atoms with van der Waals surface area (Å²) in [6, 6.07) is 7.86. The summed E-state index contributed by atoms with van der Waals surface area (Å²) in [5.41, 5.74) is 2.40. The van der Waals surface area contributed by atoms with Gasteiger partial charge >= 0.3 is 0 Å². The van der Waals surface area contributed by atoms with E-state index in [0.29, 0.717) is 19.0 Å². The fourth-order valence-electron chi connectivity index (χ4n) is 4.34. The van der Waals surface area contributed by atoms with E-state index >= 15 is 0 Å². The van der Waals surface area contributed by atoms with Gasteiger partial charge in [0, 0.05) is 76.2 Å². The van der Waals surface area contributed by atoms with Crippen LogP contribution in [0.2, 0.25) is 5.02 Å². The molecule has 2 saturated heterocycles. The molecule has 1 N–H and O–H groups in total. The summed E-state index contributed by atoms with van der Waals surface area (Å²) in [4.78, 5) is 23.6. The fourth-order valence-corrected chi connectivity index (χ4v) is 4.47. The van der Waals surface area contributed by atoms with Crippen LogP contribution in [0.15, 0.2) is 41.7 Å². The largest absolute Gasteiger partial charge is 0.368 e. The summed E-state index contributed by atoms with van der Waals surface area (Å²) in [6.07, 6.45) is 5.09. The Hall–Kier alpha value is -2.74. The van der Waals surface area contributed by atoms with Crippen LogP contribution >= 0.6 is 11.6 Å². The fraction of sp³-hybridized carbons (Fsp3) is 0.500. The number of benzene rings is 1. The van der Waals surface area contributed by atoms with E-state index in [4.69, 9.17) is 11.6 Å². The van der Waals surface area contributed by atoms with Crippen LogP contribution in [-0.2, 0) is 11.8 Å². The van der Waals surface area contributed by atoms with Crippen molar-refractivity contribution in [3.05, 3.63) is 47.2 Å². The van der Waals surface area contributed by atoms with Crippen LogP contribution in [0.4, 0.5) is 5.69 Å². The summed E-state index contributed by atoms with van der Waals surface area (Å²) in [6.45, 7) is 5.15. The number of nitrogens with zero attached hydrogens (tertiary/aromatic N) is 6. The molecule has 1 atom stereocenters. The van der Waals surface area contributed by atoms with Crippen molar-refractivity contribution in [1.82, 2.24) is 24.9 Å². The molecule has 4 rings (SSSR count). The molecule has 0 saturated carbocycles. The number of guanidine groups is 1. The third-order valence-corrected chi connectivity index (χ3v) is 6.37. The molecule has 1 aromatic heterocycles. The van der Waals surface area contributed by atoms with Crippen LogP contribution in [0.5, 0.6) is 0 Å². The molecule has 2 aliphatic rings. The molecule has 166 valence electrons. The number of rotatable bonds is 4. The molecule has 1 unspecified atom stereocenters. The highest BCUT2D eigenvalue weighted by Crippen LogP contribution is 2.26. The number of aliphatic imine (C=N–C) groups is 1. The summed E-state index contributed by atoms with van der Waals surface area (Å²) in [5, 5.41) is 8.29. The van der Waals surface area contributed by atoms with Crippen molar-refractivity contribution in [1.29, 1.82) is 0 Å². The van der Waals surface area contributed by atoms with Gasteiger partial charge in [0.15, 0.2) is 5.96 Å². The number of piperazine rings is 1. The van der Waals surface area contributed by atoms with Crippen LogP contribution in [0, 0.1) is 0 Å². The molecule has 9 heteroatoms. The lowest BCUT2D eigenvalue weighted by molar-refractivity contribution is -0.130. The number of aryl methyl sites for hydroxylation is 1. The molecule has 0 aliphatic carbocycles. The lowest BCUT2D eigenvalue weighted by atomic mass is 10.0. The summed E-state index contributed by atoms with van der Waals surface area (Å²) in [7, 11) is 3.71. The van der Waals surface area contributed by atoms with Gasteiger partial charge in [0.25, 0.3) is 0 Å². The van der Waals surface area contributed by atoms with Crippen LogP contribution in [-0.4, -0.2) is 84.3 Å². The minimum Gasteiger partial charge on any atom is -0.368 e. The second-order valence-electron chi connectivity index (χ2n) is 8.12. The average Bonchev–Trinajstić information content (AvgIpc) is 3.44. The minimum atomic E-state index is 0.111. The number of carbonyl (C=O) groups is 1. The maximum Gasteiger partial charge on any atom is 0.242 e. The zero-order valence-corrected chi connectivity index (χ0v) is 18.9. The topological polar surface area (TPSA) is 69.0 Å². The normalized spacial score (nSPS) is 19.8. The van der Waals surface area contributed by atoms with Gasteiger partial charge in [0.2, 0.25) is 5.91 Å². The molecule has 2 fully saturated rings. The second kappa shape index (κ2) is 9.60. The number of likely N-dealkylation sites (tertiary alicyclic amines) is 1. The molecular formula is C22H30ClN7O. The molecule has 31 heavy (non-hydrogen) atoms. The predicted molar refractivity (Wildman–Crippen MR) is 124 cm³/mol. The van der Waals surface area contributed by atoms with Crippen molar-refractivity contribution in [3.8, 4) is 0 Å². The quantitative estimate of drug-likeness (QED) is 0.576. The van der Waals surface area contributed by atoms with Crippen molar-refractivity contribution >= 4 is 29.2 Å². The highest BCUT2D eigenvalue weighted by atomic mass is 35.5. The smallest absolute Gasteiger partial charge is 0.242 e. The molecular weight excluding hydrogens is 414 g/mol. The predicted octanol–water partition coefficient (Wildman–Crippen LogP) is 1.79. The first-order valence-corrected chi connectivity index (χ1v) is 11.1. The zero-order valence-electron chi connectivity index (χ0n) is 18.2. The maximum absolute atomic E-state index is 12.8. The maximum atomic E-state index is 12.8. The van der Waals surface area contributed by atoms with Gasteiger partial charge in [-0.05, 0) is 36.2 Å². The lowest BCUT2D eigenvalue weighted by Crippen LogP contribution is -2.52. The molecule has 8 nitrogen and oxygen atoms in total. The van der Waals surface area contributed by atoms with Crippen molar-refractivity contribution in [2.24, 2.45) is 12.0 Å². The van der Waals surface area contributed by atoms with Gasteiger partial charge in [-0.1, -0.05) is 11.6 Å².